The van der Waals surface area contributed by atoms with Crippen LogP contribution in [0.2, 0.25) is 0 Å². The van der Waals surface area contributed by atoms with Crippen molar-refractivity contribution in [2.45, 2.75) is 59.0 Å². The lowest BCUT2D eigenvalue weighted by molar-refractivity contribution is 0.0587. The lowest BCUT2D eigenvalue weighted by atomic mass is 10.0. The third-order valence-corrected chi connectivity index (χ3v) is 5.12. The predicted molar refractivity (Wildman–Crippen MR) is 102 cm³/mol. The van der Waals surface area contributed by atoms with Gasteiger partial charge in [-0.2, -0.15) is 5.10 Å². The van der Waals surface area contributed by atoms with Gasteiger partial charge >= 0.3 is 0 Å². The average molecular weight is 350 g/mol. The molecule has 1 aromatic heterocycles. The Hall–Kier alpha value is -1.40. The molecule has 0 bridgehead atoms. The van der Waals surface area contributed by atoms with Gasteiger partial charge in [0.05, 0.1) is 23.0 Å². The van der Waals surface area contributed by atoms with E-state index in [1.807, 2.05) is 4.68 Å². The summed E-state index contributed by atoms with van der Waals surface area (Å²) in [5.74, 6) is -0.0189. The maximum Gasteiger partial charge on any atom is 0.254 e. The molecule has 1 saturated heterocycles. The Morgan fingerprint density at radius 1 is 1.16 bits per heavy atom. The first-order valence-corrected chi connectivity index (χ1v) is 9.35. The van der Waals surface area contributed by atoms with E-state index >= 15 is 0 Å². The van der Waals surface area contributed by atoms with Crippen LogP contribution in [0.25, 0.3) is 0 Å². The summed E-state index contributed by atoms with van der Waals surface area (Å²) >= 11 is 0. The normalized spacial score (nSPS) is 17.7. The molecule has 0 aliphatic carbocycles. The minimum absolute atomic E-state index is 0.0189. The van der Waals surface area contributed by atoms with Crippen LogP contribution in [0.5, 0.6) is 0 Å². The molecule has 0 spiro atoms. The van der Waals surface area contributed by atoms with E-state index < -0.39 is 0 Å². The van der Waals surface area contributed by atoms with E-state index in [-0.39, 0.29) is 17.0 Å². The zero-order valence-corrected chi connectivity index (χ0v) is 17.0. The summed E-state index contributed by atoms with van der Waals surface area (Å²) in [5, 5.41) is 7.60. The second-order valence-corrected chi connectivity index (χ2v) is 8.73. The predicted octanol–water partition coefficient (Wildman–Crippen LogP) is 1.96. The van der Waals surface area contributed by atoms with E-state index in [0.717, 1.165) is 38.3 Å². The second-order valence-electron chi connectivity index (χ2n) is 8.73. The van der Waals surface area contributed by atoms with E-state index in [4.69, 9.17) is 0 Å². The SMILES string of the molecule is CCc1c(C(=O)NCC(C)(C)N2CCN(C)CC2)cnn1C(C)(C)C. The fourth-order valence-corrected chi connectivity index (χ4v) is 3.40. The monoisotopic (exact) mass is 349 g/mol. The van der Waals surface area contributed by atoms with E-state index in [2.05, 4.69) is 68.8 Å². The number of nitrogens with one attached hydrogen (secondary N) is 1. The summed E-state index contributed by atoms with van der Waals surface area (Å²) < 4.78 is 1.97. The molecule has 1 amide bonds. The van der Waals surface area contributed by atoms with Crippen LogP contribution in [-0.4, -0.2) is 70.8 Å². The molecule has 0 radical (unpaired) electrons. The number of hydrogen-bond donors (Lipinski definition) is 1. The summed E-state index contributed by atoms with van der Waals surface area (Å²) in [5.41, 5.74) is 1.53. The lowest BCUT2D eigenvalue weighted by Crippen LogP contribution is -2.57. The summed E-state index contributed by atoms with van der Waals surface area (Å²) in [6.07, 6.45) is 2.50. The van der Waals surface area contributed by atoms with Crippen molar-refractivity contribution in [3.63, 3.8) is 0 Å². The number of carbonyl (C=O) groups excluding carboxylic acids is 1. The maximum absolute atomic E-state index is 12.8. The Morgan fingerprint density at radius 3 is 2.28 bits per heavy atom. The Labute approximate surface area is 152 Å². The van der Waals surface area contributed by atoms with Gasteiger partial charge in [0.25, 0.3) is 5.91 Å². The van der Waals surface area contributed by atoms with Crippen molar-refractivity contribution in [3.8, 4) is 0 Å². The van der Waals surface area contributed by atoms with Crippen molar-refractivity contribution in [2.75, 3.05) is 39.8 Å². The Bertz CT molecular complexity index is 591. The van der Waals surface area contributed by atoms with Crippen molar-refractivity contribution in [1.29, 1.82) is 0 Å². The highest BCUT2D eigenvalue weighted by atomic mass is 16.1. The Kier molecular flexibility index (Phi) is 5.94. The number of aromatic nitrogens is 2. The standard InChI is InChI=1S/C19H35N5O/c1-8-16-15(13-21-24(16)18(2,3)4)17(25)20-14-19(5,6)23-11-9-22(7)10-12-23/h13H,8-12,14H2,1-7H3,(H,20,25). The number of likely N-dealkylation sites (N-methyl/N-ethyl adjacent to an activating group) is 1. The third kappa shape index (κ3) is 4.61. The number of carbonyl (C=O) groups is 1. The number of piperazine rings is 1. The molecule has 1 aliphatic heterocycles. The average Bonchev–Trinajstić information content (AvgIpc) is 2.97. The summed E-state index contributed by atoms with van der Waals surface area (Å²) in [6.45, 7) is 17.7. The van der Waals surface area contributed by atoms with Crippen LogP contribution in [-0.2, 0) is 12.0 Å². The molecule has 25 heavy (non-hydrogen) atoms. The zero-order chi connectivity index (χ0) is 18.8. The molecule has 6 heteroatoms. The largest absolute Gasteiger partial charge is 0.350 e. The van der Waals surface area contributed by atoms with E-state index in [0.29, 0.717) is 12.1 Å². The van der Waals surface area contributed by atoms with Crippen LogP contribution in [0.15, 0.2) is 6.20 Å². The highest BCUT2D eigenvalue weighted by molar-refractivity contribution is 5.95. The molecule has 2 heterocycles. The van der Waals surface area contributed by atoms with Gasteiger partial charge in [-0.1, -0.05) is 6.92 Å². The summed E-state index contributed by atoms with van der Waals surface area (Å²) in [6, 6.07) is 0. The van der Waals surface area contributed by atoms with Crippen molar-refractivity contribution in [1.82, 2.24) is 24.9 Å². The Balaban J connectivity index is 2.04. The summed E-state index contributed by atoms with van der Waals surface area (Å²) in [7, 11) is 2.16. The quantitative estimate of drug-likeness (QED) is 0.883. The third-order valence-electron chi connectivity index (χ3n) is 5.12. The Morgan fingerprint density at radius 2 is 1.76 bits per heavy atom. The van der Waals surface area contributed by atoms with Crippen molar-refractivity contribution in [2.24, 2.45) is 0 Å². The number of nitrogens with zero attached hydrogens (tertiary/aromatic N) is 4. The first-order valence-electron chi connectivity index (χ1n) is 9.35. The van der Waals surface area contributed by atoms with Crippen LogP contribution in [0, 0.1) is 0 Å². The van der Waals surface area contributed by atoms with E-state index in [9.17, 15) is 4.79 Å². The molecule has 142 valence electrons. The van der Waals surface area contributed by atoms with Gasteiger partial charge in [-0.15, -0.1) is 0 Å². The molecule has 0 unspecified atom stereocenters. The van der Waals surface area contributed by atoms with E-state index in [1.54, 1.807) is 6.20 Å². The number of hydrogen-bond acceptors (Lipinski definition) is 4. The van der Waals surface area contributed by atoms with Gasteiger partial charge in [0, 0.05) is 38.3 Å². The van der Waals surface area contributed by atoms with E-state index in [1.165, 1.54) is 0 Å². The van der Waals surface area contributed by atoms with Gasteiger partial charge in [0.15, 0.2) is 0 Å². The highest BCUT2D eigenvalue weighted by Crippen LogP contribution is 2.20. The molecule has 0 saturated carbocycles. The first kappa shape index (κ1) is 19.9. The number of rotatable bonds is 5. The fraction of sp³-hybridized carbons (Fsp3) is 0.789. The van der Waals surface area contributed by atoms with Gasteiger partial charge in [0.1, 0.15) is 0 Å². The van der Waals surface area contributed by atoms with Crippen LogP contribution in [0.1, 0.15) is 57.6 Å². The highest BCUT2D eigenvalue weighted by Gasteiger charge is 2.30. The minimum Gasteiger partial charge on any atom is -0.350 e. The fourth-order valence-electron chi connectivity index (χ4n) is 3.40. The second kappa shape index (κ2) is 7.46. The molecule has 6 nitrogen and oxygen atoms in total. The molecule has 1 aromatic rings. The topological polar surface area (TPSA) is 53.4 Å². The molecule has 1 aliphatic rings. The van der Waals surface area contributed by atoms with Crippen LogP contribution >= 0.6 is 0 Å². The smallest absolute Gasteiger partial charge is 0.254 e. The first-order chi connectivity index (χ1) is 11.6. The molecule has 2 rings (SSSR count). The van der Waals surface area contributed by atoms with Gasteiger partial charge in [-0.3, -0.25) is 14.4 Å². The molecular formula is C19H35N5O. The van der Waals surface area contributed by atoms with Gasteiger partial charge in [-0.05, 0) is 48.1 Å². The van der Waals surface area contributed by atoms with Crippen molar-refractivity contribution >= 4 is 5.91 Å². The minimum atomic E-state index is -0.122. The maximum atomic E-state index is 12.8. The zero-order valence-electron chi connectivity index (χ0n) is 17.0. The molecule has 1 N–H and O–H groups in total. The molecule has 0 atom stereocenters. The molecular weight excluding hydrogens is 314 g/mol. The molecule has 1 fully saturated rings. The van der Waals surface area contributed by atoms with Crippen LogP contribution in [0.4, 0.5) is 0 Å². The van der Waals surface area contributed by atoms with Gasteiger partial charge in [-0.25, -0.2) is 0 Å². The van der Waals surface area contributed by atoms with Crippen molar-refractivity contribution < 1.29 is 4.79 Å². The lowest BCUT2D eigenvalue weighted by Gasteiger charge is -2.43. The number of amides is 1. The molecule has 0 aromatic carbocycles. The van der Waals surface area contributed by atoms with Crippen molar-refractivity contribution in [3.05, 3.63) is 17.5 Å². The van der Waals surface area contributed by atoms with Gasteiger partial charge in [0.2, 0.25) is 0 Å². The van der Waals surface area contributed by atoms with Crippen LogP contribution in [0.3, 0.4) is 0 Å². The van der Waals surface area contributed by atoms with Crippen LogP contribution < -0.4 is 5.32 Å². The summed E-state index contributed by atoms with van der Waals surface area (Å²) in [4.78, 5) is 17.6. The van der Waals surface area contributed by atoms with Gasteiger partial charge < -0.3 is 10.2 Å².